The van der Waals surface area contributed by atoms with E-state index in [1.54, 1.807) is 32.2 Å². The van der Waals surface area contributed by atoms with E-state index in [1.165, 1.54) is 14.8 Å². The highest BCUT2D eigenvalue weighted by Gasteiger charge is 2.32. The molecule has 3 aromatic rings. The summed E-state index contributed by atoms with van der Waals surface area (Å²) in [6, 6.07) is 6.87. The van der Waals surface area contributed by atoms with E-state index in [4.69, 9.17) is 4.52 Å². The molecule has 1 fully saturated rings. The second kappa shape index (κ2) is 7.02. The molecule has 4 heterocycles. The summed E-state index contributed by atoms with van der Waals surface area (Å²) in [7, 11) is -3.69. The van der Waals surface area contributed by atoms with Gasteiger partial charge in [0, 0.05) is 38.4 Å². The first kappa shape index (κ1) is 18.6. The molecule has 1 saturated heterocycles. The lowest BCUT2D eigenvalue weighted by Gasteiger charge is -2.22. The molecule has 0 bridgehead atoms. The van der Waals surface area contributed by atoms with Gasteiger partial charge >= 0.3 is 0 Å². The lowest BCUT2D eigenvalue weighted by molar-refractivity contribution is 0.389. The molecule has 0 unspecified atom stereocenters. The van der Waals surface area contributed by atoms with Crippen LogP contribution in [0.4, 0.5) is 5.82 Å². The van der Waals surface area contributed by atoms with Gasteiger partial charge in [0.25, 0.3) is 5.56 Å². The second-order valence-electron chi connectivity index (χ2n) is 6.78. The third kappa shape index (κ3) is 3.18. The number of hydrogen-bond donors (Lipinski definition) is 0. The zero-order valence-corrected chi connectivity index (χ0v) is 16.5. The number of fused-ring (bicyclic) bond motifs is 1. The fourth-order valence-electron chi connectivity index (χ4n) is 3.54. The molecule has 1 aliphatic heterocycles. The van der Waals surface area contributed by atoms with Gasteiger partial charge < -0.3 is 9.42 Å². The fraction of sp³-hybridized carbons (Fsp3) is 0.389. The summed E-state index contributed by atoms with van der Waals surface area (Å²) in [5.41, 5.74) is 0.766. The molecule has 1 aliphatic rings. The summed E-state index contributed by atoms with van der Waals surface area (Å²) in [5, 5.41) is 3.76. The minimum absolute atomic E-state index is 0.142. The second-order valence-corrected chi connectivity index (χ2v) is 8.65. The molecule has 0 radical (unpaired) electrons. The van der Waals surface area contributed by atoms with E-state index < -0.39 is 10.0 Å². The summed E-state index contributed by atoms with van der Waals surface area (Å²) < 4.78 is 34.1. The smallest absolute Gasteiger partial charge is 0.259 e. The summed E-state index contributed by atoms with van der Waals surface area (Å²) >= 11 is 0. The summed E-state index contributed by atoms with van der Waals surface area (Å²) in [6.07, 6.45) is 2.30. The maximum atomic E-state index is 13.1. The molecular formula is C18H21N5O4S. The van der Waals surface area contributed by atoms with Crippen LogP contribution in [0.3, 0.4) is 0 Å². The summed E-state index contributed by atoms with van der Waals surface area (Å²) in [6.45, 7) is 4.96. The van der Waals surface area contributed by atoms with Gasteiger partial charge in [-0.25, -0.2) is 13.4 Å². The molecule has 4 rings (SSSR count). The Balaban J connectivity index is 1.60. The van der Waals surface area contributed by atoms with Crippen molar-refractivity contribution in [1.29, 1.82) is 0 Å². The van der Waals surface area contributed by atoms with Crippen LogP contribution in [0.1, 0.15) is 17.9 Å². The number of anilines is 1. The monoisotopic (exact) mass is 403 g/mol. The van der Waals surface area contributed by atoms with Crippen molar-refractivity contribution in [2.75, 3.05) is 31.1 Å². The zero-order valence-electron chi connectivity index (χ0n) is 15.7. The van der Waals surface area contributed by atoms with Crippen LogP contribution in [-0.4, -0.2) is 53.4 Å². The molecule has 3 aromatic heterocycles. The number of hydrogen-bond acceptors (Lipinski definition) is 7. The lowest BCUT2D eigenvalue weighted by atomic mass is 10.3. The SMILES string of the molecule is Cc1noc(C)c1S(=O)(=O)N1CCCN(c2cc(=O)n3ccccc3n2)CC1. The van der Waals surface area contributed by atoms with E-state index in [0.29, 0.717) is 55.5 Å². The number of sulfonamides is 1. The normalized spacial score (nSPS) is 16.4. The first-order chi connectivity index (χ1) is 13.4. The van der Waals surface area contributed by atoms with E-state index in [2.05, 4.69) is 10.1 Å². The zero-order chi connectivity index (χ0) is 19.9. The minimum atomic E-state index is -3.69. The number of nitrogens with zero attached hydrogens (tertiary/aromatic N) is 5. The van der Waals surface area contributed by atoms with E-state index in [0.717, 1.165) is 0 Å². The summed E-state index contributed by atoms with van der Waals surface area (Å²) in [5.74, 6) is 0.857. The highest BCUT2D eigenvalue weighted by Crippen LogP contribution is 2.25. The molecular weight excluding hydrogens is 382 g/mol. The molecule has 0 aromatic carbocycles. The third-order valence-corrected chi connectivity index (χ3v) is 7.05. The van der Waals surface area contributed by atoms with Crippen molar-refractivity contribution >= 4 is 21.5 Å². The largest absolute Gasteiger partial charge is 0.360 e. The topological polar surface area (TPSA) is 101 Å². The average molecular weight is 403 g/mol. The first-order valence-electron chi connectivity index (χ1n) is 9.04. The van der Waals surface area contributed by atoms with Crippen molar-refractivity contribution < 1.29 is 12.9 Å². The van der Waals surface area contributed by atoms with Gasteiger partial charge in [0.05, 0.1) is 0 Å². The molecule has 10 heteroatoms. The molecule has 0 spiro atoms. The first-order valence-corrected chi connectivity index (χ1v) is 10.5. The molecule has 0 saturated carbocycles. The van der Waals surface area contributed by atoms with Crippen molar-refractivity contribution in [1.82, 2.24) is 18.8 Å². The number of rotatable bonds is 3. The Morgan fingerprint density at radius 1 is 1.11 bits per heavy atom. The Kier molecular flexibility index (Phi) is 4.68. The number of aryl methyl sites for hydroxylation is 2. The Bertz CT molecular complexity index is 1160. The lowest BCUT2D eigenvalue weighted by Crippen LogP contribution is -2.36. The maximum Gasteiger partial charge on any atom is 0.259 e. The van der Waals surface area contributed by atoms with Crippen LogP contribution in [-0.2, 0) is 10.0 Å². The Labute approximate surface area is 162 Å². The molecule has 28 heavy (non-hydrogen) atoms. The Morgan fingerprint density at radius 3 is 2.68 bits per heavy atom. The molecule has 0 N–H and O–H groups in total. The van der Waals surface area contributed by atoms with Crippen LogP contribution in [0.25, 0.3) is 5.65 Å². The number of aromatic nitrogens is 3. The molecule has 0 amide bonds. The maximum absolute atomic E-state index is 13.1. The van der Waals surface area contributed by atoms with E-state index >= 15 is 0 Å². The standard InChI is InChI=1S/C18H21N5O4S/c1-13-18(14(2)27-20-13)28(25,26)22-8-5-7-21(10-11-22)16-12-17(24)23-9-4-3-6-15(23)19-16/h3-4,6,9,12H,5,7-8,10-11H2,1-2H3. The van der Waals surface area contributed by atoms with Crippen LogP contribution >= 0.6 is 0 Å². The highest BCUT2D eigenvalue weighted by atomic mass is 32.2. The van der Waals surface area contributed by atoms with Crippen LogP contribution in [0, 0.1) is 13.8 Å². The van der Waals surface area contributed by atoms with E-state index in [9.17, 15) is 13.2 Å². The Hall–Kier alpha value is -2.72. The van der Waals surface area contributed by atoms with Crippen LogP contribution in [0.15, 0.2) is 44.7 Å². The van der Waals surface area contributed by atoms with Gasteiger partial charge in [-0.2, -0.15) is 4.31 Å². The molecule has 0 atom stereocenters. The van der Waals surface area contributed by atoms with Gasteiger partial charge in [-0.15, -0.1) is 0 Å². The van der Waals surface area contributed by atoms with Gasteiger partial charge in [-0.05, 0) is 32.4 Å². The van der Waals surface area contributed by atoms with E-state index in [1.807, 2.05) is 11.0 Å². The highest BCUT2D eigenvalue weighted by molar-refractivity contribution is 7.89. The van der Waals surface area contributed by atoms with Crippen molar-refractivity contribution in [3.8, 4) is 0 Å². The average Bonchev–Trinajstić information content (AvgIpc) is 2.86. The Morgan fingerprint density at radius 2 is 1.93 bits per heavy atom. The van der Waals surface area contributed by atoms with Gasteiger partial charge in [-0.3, -0.25) is 9.20 Å². The summed E-state index contributed by atoms with van der Waals surface area (Å²) in [4.78, 5) is 19.0. The van der Waals surface area contributed by atoms with Gasteiger partial charge in [0.15, 0.2) is 5.76 Å². The van der Waals surface area contributed by atoms with Gasteiger partial charge in [0.1, 0.15) is 22.1 Å². The van der Waals surface area contributed by atoms with Crippen LogP contribution < -0.4 is 10.5 Å². The number of pyridine rings is 1. The minimum Gasteiger partial charge on any atom is -0.360 e. The van der Waals surface area contributed by atoms with Crippen LogP contribution in [0.2, 0.25) is 0 Å². The third-order valence-electron chi connectivity index (χ3n) is 4.90. The predicted molar refractivity (Wildman–Crippen MR) is 103 cm³/mol. The van der Waals surface area contributed by atoms with E-state index in [-0.39, 0.29) is 10.5 Å². The van der Waals surface area contributed by atoms with Crippen molar-refractivity contribution in [2.24, 2.45) is 0 Å². The van der Waals surface area contributed by atoms with Gasteiger partial charge in [0.2, 0.25) is 10.0 Å². The van der Waals surface area contributed by atoms with Crippen molar-refractivity contribution in [3.63, 3.8) is 0 Å². The van der Waals surface area contributed by atoms with Crippen molar-refractivity contribution in [3.05, 3.63) is 52.3 Å². The van der Waals surface area contributed by atoms with Crippen molar-refractivity contribution in [2.45, 2.75) is 25.2 Å². The van der Waals surface area contributed by atoms with Crippen LogP contribution in [0.5, 0.6) is 0 Å². The predicted octanol–water partition coefficient (Wildman–Crippen LogP) is 1.20. The van der Waals surface area contributed by atoms with Gasteiger partial charge in [-0.1, -0.05) is 11.2 Å². The fourth-order valence-corrected chi connectivity index (χ4v) is 5.30. The quantitative estimate of drug-likeness (QED) is 0.648. The molecule has 9 nitrogen and oxygen atoms in total. The molecule has 0 aliphatic carbocycles. The molecule has 148 valence electrons.